The minimum atomic E-state index is -1.49. The lowest BCUT2D eigenvalue weighted by atomic mass is 9.99. The second-order valence-electron chi connectivity index (χ2n) is 10.7. The summed E-state index contributed by atoms with van der Waals surface area (Å²) in [6.45, 7) is 6.06. The van der Waals surface area contributed by atoms with E-state index in [1.54, 1.807) is 13.8 Å². The zero-order valence-electron chi connectivity index (χ0n) is 23.6. The Morgan fingerprint density at radius 3 is 2.00 bits per heavy atom. The number of carbonyl (C=O) groups excluding carboxylic acids is 4. The van der Waals surface area contributed by atoms with Crippen LogP contribution in [0.2, 0.25) is 0 Å². The number of likely N-dealkylation sites (tertiary alicyclic amines) is 1. The van der Waals surface area contributed by atoms with Gasteiger partial charge in [0.2, 0.25) is 23.6 Å². The zero-order chi connectivity index (χ0) is 31.0. The molecule has 1 heterocycles. The fraction of sp³-hybridized carbons (Fsp3) is 0.593. The van der Waals surface area contributed by atoms with E-state index in [0.717, 1.165) is 4.90 Å². The molecule has 0 radical (unpaired) electrons. The highest BCUT2D eigenvalue weighted by molar-refractivity contribution is 5.96. The number of hydrogen-bond donors (Lipinski definition) is 8. The average molecular weight is 580 g/mol. The van der Waals surface area contributed by atoms with Crippen LogP contribution in [0.5, 0.6) is 5.75 Å². The lowest BCUT2D eigenvalue weighted by Gasteiger charge is -2.31. The Bertz CT molecular complexity index is 1090. The van der Waals surface area contributed by atoms with E-state index in [2.05, 4.69) is 16.0 Å². The Morgan fingerprint density at radius 1 is 0.902 bits per heavy atom. The van der Waals surface area contributed by atoms with Crippen LogP contribution >= 0.6 is 0 Å². The molecular weight excluding hydrogens is 538 g/mol. The van der Waals surface area contributed by atoms with Crippen molar-refractivity contribution in [2.24, 2.45) is 11.7 Å². The molecule has 2 rings (SSSR count). The maximum atomic E-state index is 13.5. The van der Waals surface area contributed by atoms with E-state index in [4.69, 9.17) is 5.73 Å². The van der Waals surface area contributed by atoms with Crippen molar-refractivity contribution >= 4 is 29.6 Å². The van der Waals surface area contributed by atoms with Crippen molar-refractivity contribution in [3.05, 3.63) is 29.8 Å². The lowest BCUT2D eigenvalue weighted by molar-refractivity contribution is -0.150. The fourth-order valence-corrected chi connectivity index (χ4v) is 4.45. The normalized spacial score (nSPS) is 19.4. The third kappa shape index (κ3) is 9.13. The molecule has 0 spiro atoms. The Balaban J connectivity index is 2.31. The number of aliphatic hydroxyl groups excluding tert-OH is 2. The van der Waals surface area contributed by atoms with Gasteiger partial charge in [-0.1, -0.05) is 26.0 Å². The lowest BCUT2D eigenvalue weighted by Crippen LogP contribution is -2.61. The first kappa shape index (κ1) is 33.5. The van der Waals surface area contributed by atoms with Crippen molar-refractivity contribution in [1.82, 2.24) is 20.9 Å². The van der Waals surface area contributed by atoms with Crippen LogP contribution in [0.15, 0.2) is 24.3 Å². The number of aliphatic carboxylic acids is 1. The van der Waals surface area contributed by atoms with Crippen LogP contribution in [0.25, 0.3) is 0 Å². The minimum Gasteiger partial charge on any atom is -0.508 e. The molecular formula is C27H41N5O9. The Hall–Kier alpha value is -3.75. The molecule has 0 unspecified atom stereocenters. The molecule has 14 nitrogen and oxygen atoms in total. The van der Waals surface area contributed by atoms with Gasteiger partial charge in [0.25, 0.3) is 0 Å². The molecule has 4 amide bonds. The number of amides is 4. The number of aliphatic hydroxyl groups is 2. The number of nitrogens with one attached hydrogen (secondary N) is 3. The van der Waals surface area contributed by atoms with Gasteiger partial charge >= 0.3 is 5.97 Å². The molecule has 41 heavy (non-hydrogen) atoms. The van der Waals surface area contributed by atoms with Gasteiger partial charge in [0.05, 0.1) is 12.2 Å². The van der Waals surface area contributed by atoms with Gasteiger partial charge in [-0.05, 0) is 50.3 Å². The predicted molar refractivity (Wildman–Crippen MR) is 146 cm³/mol. The maximum Gasteiger partial charge on any atom is 0.326 e. The second kappa shape index (κ2) is 14.8. The number of nitrogens with zero attached hydrogens (tertiary/aromatic N) is 1. The van der Waals surface area contributed by atoms with Crippen LogP contribution in [0.3, 0.4) is 0 Å². The number of hydrogen-bond acceptors (Lipinski definition) is 9. The number of benzene rings is 1. The first-order chi connectivity index (χ1) is 19.1. The summed E-state index contributed by atoms with van der Waals surface area (Å²) >= 11 is 0. The Kier molecular flexibility index (Phi) is 12.0. The molecule has 1 fully saturated rings. The molecule has 228 valence electrons. The van der Waals surface area contributed by atoms with Gasteiger partial charge in [-0.2, -0.15) is 0 Å². The quantitative estimate of drug-likeness (QED) is 0.131. The van der Waals surface area contributed by atoms with E-state index in [0.29, 0.717) is 12.0 Å². The van der Waals surface area contributed by atoms with Crippen molar-refractivity contribution in [2.45, 2.75) is 89.4 Å². The molecule has 9 N–H and O–H groups in total. The van der Waals surface area contributed by atoms with Crippen LogP contribution in [0.1, 0.15) is 46.1 Å². The number of rotatable bonds is 13. The zero-order valence-corrected chi connectivity index (χ0v) is 23.6. The molecule has 14 heteroatoms. The van der Waals surface area contributed by atoms with Crippen molar-refractivity contribution in [2.75, 3.05) is 6.54 Å². The second-order valence-corrected chi connectivity index (χ2v) is 10.7. The number of nitrogens with two attached hydrogens (primary N) is 1. The predicted octanol–water partition coefficient (Wildman–Crippen LogP) is -1.79. The van der Waals surface area contributed by atoms with E-state index in [9.17, 15) is 44.4 Å². The van der Waals surface area contributed by atoms with Gasteiger partial charge in [-0.3, -0.25) is 19.2 Å². The van der Waals surface area contributed by atoms with Gasteiger partial charge in [-0.25, -0.2) is 4.79 Å². The van der Waals surface area contributed by atoms with Crippen LogP contribution in [0, 0.1) is 5.92 Å². The van der Waals surface area contributed by atoms with E-state index in [-0.39, 0.29) is 25.1 Å². The van der Waals surface area contributed by atoms with Gasteiger partial charge in [0.15, 0.2) is 0 Å². The number of phenols is 1. The fourth-order valence-electron chi connectivity index (χ4n) is 4.45. The molecule has 1 aliphatic rings. The molecule has 7 atom stereocenters. The van der Waals surface area contributed by atoms with E-state index in [1.165, 1.54) is 38.1 Å². The molecule has 1 saturated heterocycles. The number of aromatic hydroxyl groups is 1. The summed E-state index contributed by atoms with van der Waals surface area (Å²) in [6, 6.07) is -0.476. The third-order valence-electron chi connectivity index (χ3n) is 6.95. The van der Waals surface area contributed by atoms with E-state index in [1.807, 2.05) is 0 Å². The molecule has 0 saturated carbocycles. The highest BCUT2D eigenvalue weighted by Gasteiger charge is 2.40. The van der Waals surface area contributed by atoms with Gasteiger partial charge in [-0.15, -0.1) is 0 Å². The number of phenolic OH excluding ortho intramolecular Hbond substituents is 1. The summed E-state index contributed by atoms with van der Waals surface area (Å²) in [7, 11) is 0. The highest BCUT2D eigenvalue weighted by atomic mass is 16.4. The van der Waals surface area contributed by atoms with E-state index < -0.39 is 77.9 Å². The van der Waals surface area contributed by atoms with Gasteiger partial charge in [0, 0.05) is 13.0 Å². The van der Waals surface area contributed by atoms with Crippen molar-refractivity contribution in [3.8, 4) is 5.75 Å². The number of carboxylic acids is 1. The minimum absolute atomic E-state index is 0.0193. The molecule has 0 bridgehead atoms. The smallest absolute Gasteiger partial charge is 0.326 e. The third-order valence-corrected chi connectivity index (χ3v) is 6.95. The van der Waals surface area contributed by atoms with Gasteiger partial charge in [0.1, 0.15) is 36.0 Å². The molecule has 0 aromatic heterocycles. The van der Waals surface area contributed by atoms with E-state index >= 15 is 0 Å². The Labute approximate surface area is 238 Å². The van der Waals surface area contributed by atoms with Crippen LogP contribution in [-0.2, 0) is 30.4 Å². The van der Waals surface area contributed by atoms with Crippen molar-refractivity contribution in [3.63, 3.8) is 0 Å². The highest BCUT2D eigenvalue weighted by Crippen LogP contribution is 2.20. The summed E-state index contributed by atoms with van der Waals surface area (Å²) in [6.07, 6.45) is -1.97. The first-order valence-electron chi connectivity index (χ1n) is 13.5. The SMILES string of the molecule is CC(C)[C@H](NC(=O)[C@@H](N)[C@@H](C)O)C(=O)N[C@@H](Cc1ccc(O)cc1)C(=O)N[C@H](C(=O)N1CCC[C@H]1C(=O)O)[C@@H](C)O. The summed E-state index contributed by atoms with van der Waals surface area (Å²) in [5.41, 5.74) is 6.23. The van der Waals surface area contributed by atoms with Crippen LogP contribution in [0.4, 0.5) is 0 Å². The number of carbonyl (C=O) groups is 5. The molecule has 1 aromatic carbocycles. The molecule has 1 aliphatic heterocycles. The summed E-state index contributed by atoms with van der Waals surface area (Å²) in [4.78, 5) is 65.2. The topological polar surface area (TPSA) is 232 Å². The summed E-state index contributed by atoms with van der Waals surface area (Å²) in [5, 5.41) is 46.6. The average Bonchev–Trinajstić information content (AvgIpc) is 3.40. The Morgan fingerprint density at radius 2 is 1.49 bits per heavy atom. The standard InChI is InChI=1S/C27H41N5O9/c1-13(2)21(30-24(37)20(28)14(3)33)25(38)29-18(12-16-7-9-17(35)10-8-16)23(36)31-22(15(4)34)26(39)32-11-5-6-19(32)27(40)41/h7-10,13-15,18-22,33-35H,5-6,11-12,28H2,1-4H3,(H,29,38)(H,30,37)(H,31,36)(H,40,41)/t14-,15-,18+,19+,20+,21+,22+/m1/s1. The monoisotopic (exact) mass is 579 g/mol. The van der Waals surface area contributed by atoms with Crippen molar-refractivity contribution in [1.29, 1.82) is 0 Å². The summed E-state index contributed by atoms with van der Waals surface area (Å²) in [5.74, 6) is -4.79. The maximum absolute atomic E-state index is 13.5. The molecule has 0 aliphatic carbocycles. The number of carboxylic acid groups (broad SMARTS) is 1. The molecule has 1 aromatic rings. The van der Waals surface area contributed by atoms with Crippen LogP contribution < -0.4 is 21.7 Å². The van der Waals surface area contributed by atoms with Crippen LogP contribution in [-0.4, -0.2) is 104 Å². The van der Waals surface area contributed by atoms with Gasteiger partial charge < -0.3 is 47.0 Å². The largest absolute Gasteiger partial charge is 0.508 e. The first-order valence-corrected chi connectivity index (χ1v) is 13.5. The summed E-state index contributed by atoms with van der Waals surface area (Å²) < 4.78 is 0. The van der Waals surface area contributed by atoms with Crippen molar-refractivity contribution < 1.29 is 44.4 Å².